The van der Waals surface area contributed by atoms with Crippen LogP contribution in [0.1, 0.15) is 34.6 Å². The number of carboxylic acids is 1. The molecule has 0 saturated carbocycles. The number of hydrogen-bond acceptors (Lipinski definition) is 4. The lowest BCUT2D eigenvalue weighted by molar-refractivity contribution is -0.136. The summed E-state index contributed by atoms with van der Waals surface area (Å²) in [5.74, 6) is -2.33. The number of nitrogens with zero attached hydrogens (tertiary/aromatic N) is 2. The molecule has 0 saturated heterocycles. The van der Waals surface area contributed by atoms with Gasteiger partial charge in [-0.05, 0) is 80.0 Å². The van der Waals surface area contributed by atoms with Gasteiger partial charge < -0.3 is 15.3 Å². The van der Waals surface area contributed by atoms with E-state index in [1.807, 2.05) is 24.3 Å². The lowest BCUT2D eigenvalue weighted by Gasteiger charge is -2.15. The molecule has 180 valence electrons. The average Bonchev–Trinajstić information content (AvgIpc) is 3.13. The molecule has 1 atom stereocenters. The molecule has 6 nitrogen and oxygen atoms in total. The summed E-state index contributed by atoms with van der Waals surface area (Å²) in [7, 11) is 4.11. The predicted octanol–water partition coefficient (Wildman–Crippen LogP) is 4.80. The summed E-state index contributed by atoms with van der Waals surface area (Å²) in [6, 6.07) is 19.2. The van der Waals surface area contributed by atoms with E-state index < -0.39 is 17.7 Å². The van der Waals surface area contributed by atoms with Crippen molar-refractivity contribution in [3.05, 3.63) is 94.8 Å². The normalized spacial score (nSPS) is 15.3. The van der Waals surface area contributed by atoms with Gasteiger partial charge in [0, 0.05) is 5.69 Å². The number of aliphatic imine (C=N–C) groups is 1. The number of amides is 1. The third-order valence-electron chi connectivity index (χ3n) is 5.98. The number of aliphatic carboxylic acids is 1. The van der Waals surface area contributed by atoms with Crippen LogP contribution in [-0.4, -0.2) is 48.2 Å². The van der Waals surface area contributed by atoms with Crippen LogP contribution in [0.3, 0.4) is 0 Å². The molecule has 0 spiro atoms. The van der Waals surface area contributed by atoms with Crippen LogP contribution in [0, 0.1) is 5.82 Å². The molecule has 7 heteroatoms. The second-order valence-corrected chi connectivity index (χ2v) is 8.99. The summed E-state index contributed by atoms with van der Waals surface area (Å²) in [6.45, 7) is 1.01. The van der Waals surface area contributed by atoms with Crippen molar-refractivity contribution in [1.29, 1.82) is 0 Å². The molecule has 35 heavy (non-hydrogen) atoms. The molecule has 1 heterocycles. The number of carbonyl (C=O) groups is 2. The first kappa shape index (κ1) is 24.3. The Morgan fingerprint density at radius 3 is 2.37 bits per heavy atom. The number of hydrogen-bond donors (Lipinski definition) is 2. The highest BCUT2D eigenvalue weighted by atomic mass is 19.1. The van der Waals surface area contributed by atoms with Crippen LogP contribution < -0.4 is 5.32 Å². The summed E-state index contributed by atoms with van der Waals surface area (Å²) in [5, 5.41) is 11.8. The first-order valence-electron chi connectivity index (χ1n) is 11.5. The van der Waals surface area contributed by atoms with Gasteiger partial charge in [-0.1, -0.05) is 42.5 Å². The van der Waals surface area contributed by atoms with Crippen molar-refractivity contribution >= 4 is 29.0 Å². The summed E-state index contributed by atoms with van der Waals surface area (Å²) in [6.07, 6.45) is 1.93. The van der Waals surface area contributed by atoms with E-state index in [0.717, 1.165) is 19.4 Å². The fourth-order valence-electron chi connectivity index (χ4n) is 4.25. The van der Waals surface area contributed by atoms with Crippen LogP contribution in [0.25, 0.3) is 0 Å². The van der Waals surface area contributed by atoms with Crippen LogP contribution in [-0.2, 0) is 22.4 Å². The SMILES string of the molecule is CN(C)CCCc1ccc(N=C(c2ccc(CC(=O)O)cc2)C2C(=O)Nc3cc(F)ccc32)cc1. The van der Waals surface area contributed by atoms with Gasteiger partial charge in [0.25, 0.3) is 0 Å². The maximum absolute atomic E-state index is 13.8. The minimum atomic E-state index is -0.913. The molecule has 0 aliphatic carbocycles. The van der Waals surface area contributed by atoms with Crippen LogP contribution in [0.2, 0.25) is 0 Å². The highest BCUT2D eigenvalue weighted by Gasteiger charge is 2.35. The van der Waals surface area contributed by atoms with Crippen molar-refractivity contribution in [2.45, 2.75) is 25.2 Å². The van der Waals surface area contributed by atoms with E-state index in [1.54, 1.807) is 30.3 Å². The second kappa shape index (κ2) is 10.6. The molecule has 2 N–H and O–H groups in total. The van der Waals surface area contributed by atoms with Gasteiger partial charge in [0.1, 0.15) is 11.7 Å². The molecule has 1 amide bonds. The Labute approximate surface area is 204 Å². The Morgan fingerprint density at radius 2 is 1.71 bits per heavy atom. The number of carbonyl (C=O) groups excluding carboxylic acids is 1. The predicted molar refractivity (Wildman–Crippen MR) is 135 cm³/mol. The number of rotatable bonds is 9. The van der Waals surface area contributed by atoms with Gasteiger partial charge in [-0.25, -0.2) is 4.39 Å². The van der Waals surface area contributed by atoms with Gasteiger partial charge in [0.2, 0.25) is 5.91 Å². The maximum Gasteiger partial charge on any atom is 0.307 e. The van der Waals surface area contributed by atoms with Gasteiger partial charge in [-0.2, -0.15) is 0 Å². The Balaban J connectivity index is 1.69. The van der Waals surface area contributed by atoms with Gasteiger partial charge in [0.15, 0.2) is 0 Å². The smallest absolute Gasteiger partial charge is 0.307 e. The minimum Gasteiger partial charge on any atom is -0.481 e. The summed E-state index contributed by atoms with van der Waals surface area (Å²) in [4.78, 5) is 31.1. The molecule has 1 aliphatic heterocycles. The minimum absolute atomic E-state index is 0.0892. The zero-order chi connectivity index (χ0) is 24.9. The van der Waals surface area contributed by atoms with Crippen molar-refractivity contribution in [2.24, 2.45) is 4.99 Å². The molecule has 0 bridgehead atoms. The number of fused-ring (bicyclic) bond motifs is 1. The third kappa shape index (κ3) is 6.00. The number of nitrogens with one attached hydrogen (secondary N) is 1. The van der Waals surface area contributed by atoms with E-state index in [1.165, 1.54) is 17.7 Å². The summed E-state index contributed by atoms with van der Waals surface area (Å²) >= 11 is 0. The van der Waals surface area contributed by atoms with Crippen LogP contribution in [0.5, 0.6) is 0 Å². The molecule has 0 radical (unpaired) electrons. The Morgan fingerprint density at radius 1 is 1.03 bits per heavy atom. The van der Waals surface area contributed by atoms with Crippen molar-refractivity contribution in [3.8, 4) is 0 Å². The molecule has 4 rings (SSSR count). The Hall–Kier alpha value is -3.84. The lowest BCUT2D eigenvalue weighted by atomic mass is 9.90. The Kier molecular flexibility index (Phi) is 7.36. The van der Waals surface area contributed by atoms with Gasteiger partial charge in [-0.15, -0.1) is 0 Å². The Bertz CT molecular complexity index is 1250. The van der Waals surface area contributed by atoms with Gasteiger partial charge in [0.05, 0.1) is 17.8 Å². The second-order valence-electron chi connectivity index (χ2n) is 8.99. The number of anilines is 1. The van der Waals surface area contributed by atoms with E-state index in [9.17, 15) is 14.0 Å². The van der Waals surface area contributed by atoms with Crippen molar-refractivity contribution < 1.29 is 19.1 Å². The van der Waals surface area contributed by atoms with E-state index in [4.69, 9.17) is 10.1 Å². The van der Waals surface area contributed by atoms with E-state index in [-0.39, 0.29) is 12.3 Å². The van der Waals surface area contributed by atoms with Crippen LogP contribution in [0.15, 0.2) is 71.7 Å². The average molecular weight is 474 g/mol. The van der Waals surface area contributed by atoms with Crippen molar-refractivity contribution in [3.63, 3.8) is 0 Å². The molecule has 1 unspecified atom stereocenters. The monoisotopic (exact) mass is 473 g/mol. The third-order valence-corrected chi connectivity index (χ3v) is 5.98. The maximum atomic E-state index is 13.8. The molecule has 3 aromatic rings. The molecular formula is C28H28FN3O3. The first-order chi connectivity index (χ1) is 16.8. The first-order valence-corrected chi connectivity index (χ1v) is 11.5. The zero-order valence-electron chi connectivity index (χ0n) is 19.8. The van der Waals surface area contributed by atoms with E-state index in [2.05, 4.69) is 24.3 Å². The van der Waals surface area contributed by atoms with Crippen LogP contribution >= 0.6 is 0 Å². The number of halogens is 1. The molecular weight excluding hydrogens is 445 g/mol. The zero-order valence-corrected chi connectivity index (χ0v) is 19.8. The standard InChI is InChI=1S/C28H28FN3O3/c1-32(2)15-3-4-18-7-12-22(13-8-18)30-27(20-9-5-19(6-10-20)16-25(33)34)26-23-14-11-21(29)17-24(23)31-28(26)35/h5-14,17,26H,3-4,15-16H2,1-2H3,(H,31,35)(H,33,34). The molecule has 1 aliphatic rings. The molecule has 3 aromatic carbocycles. The topological polar surface area (TPSA) is 82.0 Å². The van der Waals surface area contributed by atoms with E-state index in [0.29, 0.717) is 33.8 Å². The highest BCUT2D eigenvalue weighted by Crippen LogP contribution is 2.36. The van der Waals surface area contributed by atoms with Gasteiger partial charge in [-0.3, -0.25) is 14.6 Å². The number of aryl methyl sites for hydroxylation is 1. The molecule has 0 fully saturated rings. The van der Waals surface area contributed by atoms with E-state index >= 15 is 0 Å². The fraction of sp³-hybridized carbons (Fsp3) is 0.250. The summed E-state index contributed by atoms with van der Waals surface area (Å²) in [5.41, 5.74) is 4.89. The number of carboxylic acid groups (broad SMARTS) is 1. The lowest BCUT2D eigenvalue weighted by Crippen LogP contribution is -2.22. The van der Waals surface area contributed by atoms with Crippen molar-refractivity contribution in [2.75, 3.05) is 26.0 Å². The summed E-state index contributed by atoms with van der Waals surface area (Å²) < 4.78 is 13.8. The van der Waals surface area contributed by atoms with Crippen molar-refractivity contribution in [1.82, 2.24) is 4.90 Å². The largest absolute Gasteiger partial charge is 0.481 e. The van der Waals surface area contributed by atoms with Gasteiger partial charge >= 0.3 is 5.97 Å². The molecule has 0 aromatic heterocycles. The fourth-order valence-corrected chi connectivity index (χ4v) is 4.25. The number of benzene rings is 3. The van der Waals surface area contributed by atoms with Crippen LogP contribution in [0.4, 0.5) is 15.8 Å². The quantitative estimate of drug-likeness (QED) is 0.437. The highest BCUT2D eigenvalue weighted by molar-refractivity contribution is 6.24.